The monoisotopic (exact) mass is 246 g/mol. The van der Waals surface area contributed by atoms with E-state index in [-0.39, 0.29) is 0 Å². The van der Waals surface area contributed by atoms with Gasteiger partial charge in [-0.3, -0.25) is 0 Å². The summed E-state index contributed by atoms with van der Waals surface area (Å²) < 4.78 is 27.7. The second-order valence-electron chi connectivity index (χ2n) is 4.30. The molecule has 0 unspecified atom stereocenters. The molecule has 0 bridgehead atoms. The average Bonchev–Trinajstić information content (AvgIpc) is 2.42. The summed E-state index contributed by atoms with van der Waals surface area (Å²) in [6.45, 7) is 3.87. The topological polar surface area (TPSA) is 0 Å². The first-order valence-corrected chi connectivity index (χ1v) is 6.23. The highest BCUT2D eigenvalue weighted by Crippen LogP contribution is 2.26. The van der Waals surface area contributed by atoms with Crippen LogP contribution in [-0.2, 0) is 12.8 Å². The molecular formula is C16H16F2. The molecule has 0 fully saturated rings. The predicted molar refractivity (Wildman–Crippen MR) is 70.6 cm³/mol. The molecule has 18 heavy (non-hydrogen) atoms. The summed E-state index contributed by atoms with van der Waals surface area (Å²) in [6, 6.07) is 10.9. The van der Waals surface area contributed by atoms with Gasteiger partial charge in [-0.05, 0) is 29.5 Å². The smallest absolute Gasteiger partial charge is 0.166 e. The predicted octanol–water partition coefficient (Wildman–Crippen LogP) is 4.76. The van der Waals surface area contributed by atoms with Crippen LogP contribution in [0.25, 0.3) is 11.1 Å². The first-order valence-electron chi connectivity index (χ1n) is 6.23. The Morgan fingerprint density at radius 2 is 1.44 bits per heavy atom. The van der Waals surface area contributed by atoms with E-state index in [1.165, 1.54) is 5.56 Å². The quantitative estimate of drug-likeness (QED) is 0.732. The van der Waals surface area contributed by atoms with Crippen LogP contribution in [0.3, 0.4) is 0 Å². The number of hydrogen-bond donors (Lipinski definition) is 0. The third-order valence-corrected chi connectivity index (χ3v) is 3.22. The van der Waals surface area contributed by atoms with E-state index in [1.54, 1.807) is 12.1 Å². The molecule has 2 rings (SSSR count). The van der Waals surface area contributed by atoms with Gasteiger partial charge >= 0.3 is 0 Å². The second-order valence-corrected chi connectivity index (χ2v) is 4.30. The van der Waals surface area contributed by atoms with E-state index in [4.69, 9.17) is 0 Å². The lowest BCUT2D eigenvalue weighted by Gasteiger charge is -2.08. The summed E-state index contributed by atoms with van der Waals surface area (Å²) in [6.07, 6.45) is 1.43. The number of aryl methyl sites for hydroxylation is 2. The molecule has 0 saturated heterocycles. The molecule has 0 aliphatic carbocycles. The molecule has 0 aromatic heterocycles. The van der Waals surface area contributed by atoms with Crippen LogP contribution in [-0.4, -0.2) is 0 Å². The van der Waals surface area contributed by atoms with E-state index < -0.39 is 11.6 Å². The highest BCUT2D eigenvalue weighted by Gasteiger charge is 2.13. The van der Waals surface area contributed by atoms with Crippen molar-refractivity contribution in [2.24, 2.45) is 0 Å². The Kier molecular flexibility index (Phi) is 3.75. The van der Waals surface area contributed by atoms with Crippen molar-refractivity contribution in [3.63, 3.8) is 0 Å². The number of halogens is 2. The number of hydrogen-bond acceptors (Lipinski definition) is 0. The van der Waals surface area contributed by atoms with Crippen LogP contribution in [0.15, 0.2) is 36.4 Å². The Labute approximate surface area is 106 Å². The van der Waals surface area contributed by atoms with Crippen molar-refractivity contribution in [1.29, 1.82) is 0 Å². The molecule has 0 radical (unpaired) electrons. The fourth-order valence-electron chi connectivity index (χ4n) is 2.01. The highest BCUT2D eigenvalue weighted by molar-refractivity contribution is 5.65. The number of benzene rings is 2. The Balaban J connectivity index is 2.47. The van der Waals surface area contributed by atoms with Crippen molar-refractivity contribution in [2.45, 2.75) is 26.7 Å². The summed E-state index contributed by atoms with van der Waals surface area (Å²) in [4.78, 5) is 0. The van der Waals surface area contributed by atoms with E-state index >= 15 is 0 Å². The molecule has 0 nitrogen and oxygen atoms in total. The molecule has 2 aromatic carbocycles. The molecule has 0 aliphatic rings. The highest BCUT2D eigenvalue weighted by atomic mass is 19.2. The normalized spacial score (nSPS) is 10.7. The van der Waals surface area contributed by atoms with Gasteiger partial charge in [0.25, 0.3) is 0 Å². The Morgan fingerprint density at radius 1 is 0.778 bits per heavy atom. The molecule has 0 aliphatic heterocycles. The third kappa shape index (κ3) is 2.28. The van der Waals surface area contributed by atoms with E-state index in [1.807, 2.05) is 31.2 Å². The zero-order valence-electron chi connectivity index (χ0n) is 10.6. The van der Waals surface area contributed by atoms with Crippen LogP contribution in [0.4, 0.5) is 8.78 Å². The summed E-state index contributed by atoms with van der Waals surface area (Å²) in [5.74, 6) is -1.48. The van der Waals surface area contributed by atoms with Gasteiger partial charge in [0.15, 0.2) is 11.6 Å². The molecule has 0 amide bonds. The summed E-state index contributed by atoms with van der Waals surface area (Å²) in [5.41, 5.74) is 2.64. The molecule has 0 atom stereocenters. The lowest BCUT2D eigenvalue weighted by atomic mass is 10.00. The lowest BCUT2D eigenvalue weighted by molar-refractivity contribution is 0.502. The van der Waals surface area contributed by atoms with Gasteiger partial charge in [0.2, 0.25) is 0 Å². The van der Waals surface area contributed by atoms with E-state index in [0.717, 1.165) is 6.42 Å². The van der Waals surface area contributed by atoms with Crippen LogP contribution in [0.1, 0.15) is 25.0 Å². The minimum absolute atomic E-state index is 0.326. The van der Waals surface area contributed by atoms with Crippen LogP contribution in [0, 0.1) is 11.6 Å². The fraction of sp³-hybridized carbons (Fsp3) is 0.250. The van der Waals surface area contributed by atoms with Crippen molar-refractivity contribution in [2.75, 3.05) is 0 Å². The minimum Gasteiger partial charge on any atom is -0.203 e. The molecule has 0 saturated carbocycles. The van der Waals surface area contributed by atoms with Gasteiger partial charge in [0.1, 0.15) is 0 Å². The van der Waals surface area contributed by atoms with E-state index in [2.05, 4.69) is 6.92 Å². The molecule has 0 spiro atoms. The lowest BCUT2D eigenvalue weighted by Crippen LogP contribution is -1.96. The van der Waals surface area contributed by atoms with Crippen molar-refractivity contribution < 1.29 is 8.78 Å². The molecule has 2 aromatic rings. The van der Waals surface area contributed by atoms with E-state index in [9.17, 15) is 8.78 Å². The van der Waals surface area contributed by atoms with Crippen LogP contribution < -0.4 is 0 Å². The van der Waals surface area contributed by atoms with E-state index in [0.29, 0.717) is 23.1 Å². The zero-order chi connectivity index (χ0) is 13.1. The van der Waals surface area contributed by atoms with Crippen LogP contribution in [0.5, 0.6) is 0 Å². The van der Waals surface area contributed by atoms with Crippen molar-refractivity contribution in [1.82, 2.24) is 0 Å². The average molecular weight is 246 g/mol. The van der Waals surface area contributed by atoms with Gasteiger partial charge in [-0.25, -0.2) is 8.78 Å². The largest absolute Gasteiger partial charge is 0.203 e. The SMILES string of the molecule is CCc1ccc(-c2ccc(CC)c(F)c2F)cc1. The van der Waals surface area contributed by atoms with Gasteiger partial charge in [-0.1, -0.05) is 50.2 Å². The van der Waals surface area contributed by atoms with Gasteiger partial charge in [0, 0.05) is 5.56 Å². The Hall–Kier alpha value is -1.70. The van der Waals surface area contributed by atoms with Gasteiger partial charge < -0.3 is 0 Å². The summed E-state index contributed by atoms with van der Waals surface area (Å²) in [5, 5.41) is 0. The van der Waals surface area contributed by atoms with Gasteiger partial charge in [-0.2, -0.15) is 0 Å². The summed E-state index contributed by atoms with van der Waals surface area (Å²) in [7, 11) is 0. The molecule has 94 valence electrons. The maximum absolute atomic E-state index is 13.9. The first kappa shape index (κ1) is 12.7. The maximum Gasteiger partial charge on any atom is 0.166 e. The zero-order valence-corrected chi connectivity index (χ0v) is 10.6. The standard InChI is InChI=1S/C16H16F2/c1-3-11-5-7-13(8-6-11)14-10-9-12(4-2)15(17)16(14)18/h5-10H,3-4H2,1-2H3. The second kappa shape index (κ2) is 5.30. The number of rotatable bonds is 3. The van der Waals surface area contributed by atoms with Gasteiger partial charge in [-0.15, -0.1) is 0 Å². The first-order chi connectivity index (χ1) is 8.67. The fourth-order valence-corrected chi connectivity index (χ4v) is 2.01. The maximum atomic E-state index is 13.9. The minimum atomic E-state index is -0.751. The molecular weight excluding hydrogens is 230 g/mol. The van der Waals surface area contributed by atoms with Crippen LogP contribution >= 0.6 is 0 Å². The summed E-state index contributed by atoms with van der Waals surface area (Å²) >= 11 is 0. The third-order valence-electron chi connectivity index (χ3n) is 3.22. The molecule has 2 heteroatoms. The Morgan fingerprint density at radius 3 is 2.00 bits per heavy atom. The van der Waals surface area contributed by atoms with Crippen LogP contribution in [0.2, 0.25) is 0 Å². The van der Waals surface area contributed by atoms with Crippen molar-refractivity contribution in [3.05, 3.63) is 59.2 Å². The molecule has 0 N–H and O–H groups in total. The van der Waals surface area contributed by atoms with Crippen molar-refractivity contribution in [3.8, 4) is 11.1 Å². The van der Waals surface area contributed by atoms with Gasteiger partial charge in [0.05, 0.1) is 0 Å². The molecule has 0 heterocycles. The van der Waals surface area contributed by atoms with Crippen molar-refractivity contribution >= 4 is 0 Å². The Bertz CT molecular complexity index is 542.